The SMILES string of the molecule is COC(=O)c1occc1CN(C)C(C)c1ccncc1. The summed E-state index contributed by atoms with van der Waals surface area (Å²) >= 11 is 0. The molecule has 106 valence electrons. The molecule has 2 rings (SSSR count). The Labute approximate surface area is 118 Å². The number of pyridine rings is 1. The zero-order chi connectivity index (χ0) is 14.5. The van der Waals surface area contributed by atoms with E-state index in [1.807, 2.05) is 19.2 Å². The van der Waals surface area contributed by atoms with Crippen LogP contribution in [-0.4, -0.2) is 30.0 Å². The molecule has 0 saturated heterocycles. The van der Waals surface area contributed by atoms with Crippen LogP contribution in [0.2, 0.25) is 0 Å². The van der Waals surface area contributed by atoms with Gasteiger partial charge in [-0.25, -0.2) is 4.79 Å². The fourth-order valence-corrected chi connectivity index (χ4v) is 2.03. The van der Waals surface area contributed by atoms with Crippen LogP contribution < -0.4 is 0 Å². The van der Waals surface area contributed by atoms with Gasteiger partial charge in [0, 0.05) is 30.5 Å². The molecule has 5 heteroatoms. The van der Waals surface area contributed by atoms with E-state index in [9.17, 15) is 4.79 Å². The Balaban J connectivity index is 2.10. The lowest BCUT2D eigenvalue weighted by molar-refractivity contribution is 0.0561. The van der Waals surface area contributed by atoms with Crippen LogP contribution >= 0.6 is 0 Å². The number of ether oxygens (including phenoxy) is 1. The highest BCUT2D eigenvalue weighted by molar-refractivity contribution is 5.87. The molecule has 1 atom stereocenters. The maximum Gasteiger partial charge on any atom is 0.374 e. The summed E-state index contributed by atoms with van der Waals surface area (Å²) in [5.74, 6) is -0.184. The van der Waals surface area contributed by atoms with Crippen molar-refractivity contribution in [2.75, 3.05) is 14.2 Å². The summed E-state index contributed by atoms with van der Waals surface area (Å²) < 4.78 is 9.89. The summed E-state index contributed by atoms with van der Waals surface area (Å²) in [5, 5.41) is 0. The Hall–Kier alpha value is -2.14. The van der Waals surface area contributed by atoms with Crippen molar-refractivity contribution in [1.82, 2.24) is 9.88 Å². The molecule has 0 saturated carbocycles. The average Bonchev–Trinajstić information content (AvgIpc) is 2.94. The fourth-order valence-electron chi connectivity index (χ4n) is 2.03. The molecular weight excluding hydrogens is 256 g/mol. The van der Waals surface area contributed by atoms with Gasteiger partial charge in [0.15, 0.2) is 0 Å². The van der Waals surface area contributed by atoms with Crippen molar-refractivity contribution in [3.8, 4) is 0 Å². The first-order valence-corrected chi connectivity index (χ1v) is 6.38. The van der Waals surface area contributed by atoms with Gasteiger partial charge in [-0.3, -0.25) is 9.88 Å². The van der Waals surface area contributed by atoms with Crippen LogP contribution in [0.4, 0.5) is 0 Å². The van der Waals surface area contributed by atoms with E-state index in [0.29, 0.717) is 6.54 Å². The van der Waals surface area contributed by atoms with Gasteiger partial charge in [-0.15, -0.1) is 0 Å². The third-order valence-electron chi connectivity index (χ3n) is 3.39. The first kappa shape index (κ1) is 14.3. The smallest absolute Gasteiger partial charge is 0.374 e. The topological polar surface area (TPSA) is 55.6 Å². The normalized spacial score (nSPS) is 12.4. The van der Waals surface area contributed by atoms with E-state index in [0.717, 1.165) is 5.56 Å². The lowest BCUT2D eigenvalue weighted by Crippen LogP contribution is -2.22. The monoisotopic (exact) mass is 274 g/mol. The zero-order valence-electron chi connectivity index (χ0n) is 11.9. The van der Waals surface area contributed by atoms with Crippen molar-refractivity contribution in [1.29, 1.82) is 0 Å². The lowest BCUT2D eigenvalue weighted by Gasteiger charge is -2.24. The van der Waals surface area contributed by atoms with E-state index in [4.69, 9.17) is 9.15 Å². The Morgan fingerprint density at radius 1 is 1.40 bits per heavy atom. The first-order chi connectivity index (χ1) is 9.63. The molecule has 2 aromatic heterocycles. The molecule has 0 amide bonds. The number of hydrogen-bond donors (Lipinski definition) is 0. The Morgan fingerprint density at radius 2 is 2.10 bits per heavy atom. The van der Waals surface area contributed by atoms with Gasteiger partial charge < -0.3 is 9.15 Å². The number of hydrogen-bond acceptors (Lipinski definition) is 5. The van der Waals surface area contributed by atoms with Gasteiger partial charge in [0.2, 0.25) is 5.76 Å². The highest BCUT2D eigenvalue weighted by Crippen LogP contribution is 2.22. The van der Waals surface area contributed by atoms with Crippen molar-refractivity contribution >= 4 is 5.97 Å². The summed E-state index contributed by atoms with van der Waals surface area (Å²) in [5.41, 5.74) is 1.99. The molecule has 20 heavy (non-hydrogen) atoms. The van der Waals surface area contributed by atoms with E-state index in [1.54, 1.807) is 18.5 Å². The third kappa shape index (κ3) is 3.05. The minimum absolute atomic E-state index is 0.207. The first-order valence-electron chi connectivity index (χ1n) is 6.38. The summed E-state index contributed by atoms with van der Waals surface area (Å²) in [6.45, 7) is 2.71. The summed E-state index contributed by atoms with van der Waals surface area (Å²) in [4.78, 5) is 17.7. The van der Waals surface area contributed by atoms with E-state index in [-0.39, 0.29) is 11.8 Å². The number of furan rings is 1. The van der Waals surface area contributed by atoms with E-state index in [1.165, 1.54) is 18.9 Å². The van der Waals surface area contributed by atoms with Crippen LogP contribution in [0.1, 0.15) is 34.6 Å². The van der Waals surface area contributed by atoms with Gasteiger partial charge in [0.05, 0.1) is 13.4 Å². The summed E-state index contributed by atoms with van der Waals surface area (Å²) in [6.07, 6.45) is 5.06. The second kappa shape index (κ2) is 6.34. The Kier molecular flexibility index (Phi) is 4.53. The van der Waals surface area contributed by atoms with Gasteiger partial charge in [0.25, 0.3) is 0 Å². The minimum Gasteiger partial charge on any atom is -0.463 e. The fraction of sp³-hybridized carbons (Fsp3) is 0.333. The van der Waals surface area contributed by atoms with Gasteiger partial charge in [-0.2, -0.15) is 0 Å². The van der Waals surface area contributed by atoms with Gasteiger partial charge in [-0.05, 0) is 37.7 Å². The molecule has 0 fully saturated rings. The van der Waals surface area contributed by atoms with Crippen LogP contribution in [0, 0.1) is 0 Å². The van der Waals surface area contributed by atoms with E-state index >= 15 is 0 Å². The van der Waals surface area contributed by atoms with Crippen molar-refractivity contribution in [3.63, 3.8) is 0 Å². The van der Waals surface area contributed by atoms with Crippen molar-refractivity contribution in [2.45, 2.75) is 19.5 Å². The van der Waals surface area contributed by atoms with E-state index < -0.39 is 5.97 Å². The molecule has 0 aliphatic rings. The predicted octanol–water partition coefficient (Wildman–Crippen LogP) is 2.65. The van der Waals surface area contributed by atoms with Crippen LogP contribution in [-0.2, 0) is 11.3 Å². The van der Waals surface area contributed by atoms with Crippen molar-refractivity contribution in [3.05, 3.63) is 53.7 Å². The molecule has 0 bridgehead atoms. The number of esters is 1. The van der Waals surface area contributed by atoms with Crippen LogP contribution in [0.15, 0.2) is 41.3 Å². The number of rotatable bonds is 5. The van der Waals surface area contributed by atoms with Crippen LogP contribution in [0.5, 0.6) is 0 Å². The molecule has 2 aromatic rings. The Morgan fingerprint density at radius 3 is 2.75 bits per heavy atom. The number of methoxy groups -OCH3 is 1. The molecular formula is C15H18N2O3. The third-order valence-corrected chi connectivity index (χ3v) is 3.39. The quantitative estimate of drug-likeness (QED) is 0.784. The molecule has 0 aromatic carbocycles. The molecule has 0 aliphatic carbocycles. The zero-order valence-corrected chi connectivity index (χ0v) is 11.9. The molecule has 0 spiro atoms. The molecule has 1 unspecified atom stereocenters. The molecule has 0 radical (unpaired) electrons. The molecule has 2 heterocycles. The van der Waals surface area contributed by atoms with Crippen LogP contribution in [0.3, 0.4) is 0 Å². The minimum atomic E-state index is -0.449. The standard InChI is InChI=1S/C15H18N2O3/c1-11(12-4-7-16-8-5-12)17(2)10-13-6-9-20-14(13)15(18)19-3/h4-9,11H,10H2,1-3H3. The predicted molar refractivity (Wildman–Crippen MR) is 74.2 cm³/mol. The number of carbonyl (C=O) groups excluding carboxylic acids is 1. The highest BCUT2D eigenvalue weighted by atomic mass is 16.5. The van der Waals surface area contributed by atoms with Gasteiger partial charge >= 0.3 is 5.97 Å². The van der Waals surface area contributed by atoms with Crippen LogP contribution in [0.25, 0.3) is 0 Å². The summed E-state index contributed by atoms with van der Waals surface area (Å²) in [6, 6.07) is 5.97. The highest BCUT2D eigenvalue weighted by Gasteiger charge is 2.19. The van der Waals surface area contributed by atoms with Crippen molar-refractivity contribution in [2.24, 2.45) is 0 Å². The largest absolute Gasteiger partial charge is 0.463 e. The van der Waals surface area contributed by atoms with Crippen molar-refractivity contribution < 1.29 is 13.9 Å². The maximum atomic E-state index is 11.6. The average molecular weight is 274 g/mol. The number of nitrogens with zero attached hydrogens (tertiary/aromatic N) is 2. The second-order valence-corrected chi connectivity index (χ2v) is 4.64. The molecule has 0 aliphatic heterocycles. The second-order valence-electron chi connectivity index (χ2n) is 4.64. The number of carbonyl (C=O) groups is 1. The van der Waals surface area contributed by atoms with Gasteiger partial charge in [-0.1, -0.05) is 0 Å². The molecule has 0 N–H and O–H groups in total. The summed E-state index contributed by atoms with van der Waals surface area (Å²) in [7, 11) is 3.34. The van der Waals surface area contributed by atoms with E-state index in [2.05, 4.69) is 16.8 Å². The molecule has 5 nitrogen and oxygen atoms in total. The Bertz CT molecular complexity index is 566. The number of aromatic nitrogens is 1. The van der Waals surface area contributed by atoms with Gasteiger partial charge in [0.1, 0.15) is 0 Å². The maximum absolute atomic E-state index is 11.6. The lowest BCUT2D eigenvalue weighted by atomic mass is 10.1.